The number of anilines is 1. The molecule has 3 rings (SSSR count). The average Bonchev–Trinajstić information content (AvgIpc) is 2.60. The molecule has 122 valence electrons. The van der Waals surface area contributed by atoms with E-state index in [0.717, 1.165) is 16.7 Å². The van der Waals surface area contributed by atoms with Gasteiger partial charge in [0.2, 0.25) is 0 Å². The maximum atomic E-state index is 13.3. The van der Waals surface area contributed by atoms with E-state index in [1.807, 2.05) is 43.3 Å². The Balaban J connectivity index is 2.22. The lowest BCUT2D eigenvalue weighted by Gasteiger charge is -2.16. The van der Waals surface area contributed by atoms with Gasteiger partial charge >= 0.3 is 0 Å². The SMILES string of the molecule is Cc1cccc(-c2cc(CF)c(N)c(=O)n2Cc2cccnc2)c1. The van der Waals surface area contributed by atoms with Gasteiger partial charge in [-0.05, 0) is 36.2 Å². The lowest BCUT2D eigenvalue weighted by molar-refractivity contribution is 0.485. The summed E-state index contributed by atoms with van der Waals surface area (Å²) in [7, 11) is 0. The van der Waals surface area contributed by atoms with Crippen molar-refractivity contribution < 1.29 is 4.39 Å². The Kier molecular flexibility index (Phi) is 4.42. The summed E-state index contributed by atoms with van der Waals surface area (Å²) in [6, 6.07) is 13.1. The Morgan fingerprint density at radius 2 is 2.04 bits per heavy atom. The van der Waals surface area contributed by atoms with Crippen molar-refractivity contribution in [3.8, 4) is 11.3 Å². The second-order valence-electron chi connectivity index (χ2n) is 5.72. The van der Waals surface area contributed by atoms with Crippen molar-refractivity contribution in [2.45, 2.75) is 20.1 Å². The van der Waals surface area contributed by atoms with Crippen LogP contribution in [0.25, 0.3) is 11.3 Å². The fourth-order valence-corrected chi connectivity index (χ4v) is 2.70. The van der Waals surface area contributed by atoms with E-state index in [9.17, 15) is 9.18 Å². The predicted molar refractivity (Wildman–Crippen MR) is 93.4 cm³/mol. The highest BCUT2D eigenvalue weighted by atomic mass is 19.1. The highest BCUT2D eigenvalue weighted by Crippen LogP contribution is 2.24. The van der Waals surface area contributed by atoms with E-state index < -0.39 is 6.67 Å². The molecular weight excluding hydrogens is 305 g/mol. The molecular formula is C19H18FN3O. The zero-order chi connectivity index (χ0) is 17.1. The summed E-state index contributed by atoms with van der Waals surface area (Å²) in [4.78, 5) is 16.8. The van der Waals surface area contributed by atoms with Gasteiger partial charge in [-0.2, -0.15) is 0 Å². The predicted octanol–water partition coefficient (Wildman–Crippen LogP) is 3.32. The molecule has 3 aromatic rings. The van der Waals surface area contributed by atoms with Crippen LogP contribution in [0.4, 0.5) is 10.1 Å². The third-order valence-electron chi connectivity index (χ3n) is 3.94. The summed E-state index contributed by atoms with van der Waals surface area (Å²) in [5.41, 5.74) is 9.07. The largest absolute Gasteiger partial charge is 0.394 e. The Morgan fingerprint density at radius 1 is 1.21 bits per heavy atom. The van der Waals surface area contributed by atoms with Crippen LogP contribution in [0.15, 0.2) is 59.7 Å². The molecule has 0 aliphatic heterocycles. The fourth-order valence-electron chi connectivity index (χ4n) is 2.70. The molecule has 2 heterocycles. The molecule has 0 spiro atoms. The molecule has 0 atom stereocenters. The number of hydrogen-bond acceptors (Lipinski definition) is 3. The summed E-state index contributed by atoms with van der Waals surface area (Å²) >= 11 is 0. The van der Waals surface area contributed by atoms with Crippen molar-refractivity contribution in [1.82, 2.24) is 9.55 Å². The van der Waals surface area contributed by atoms with Gasteiger partial charge in [0, 0.05) is 18.0 Å². The average molecular weight is 323 g/mol. The number of hydrogen-bond donors (Lipinski definition) is 1. The topological polar surface area (TPSA) is 60.9 Å². The van der Waals surface area contributed by atoms with Gasteiger partial charge in [0.25, 0.3) is 5.56 Å². The van der Waals surface area contributed by atoms with Crippen molar-refractivity contribution >= 4 is 5.69 Å². The Labute approximate surface area is 139 Å². The van der Waals surface area contributed by atoms with Crippen LogP contribution in [0.3, 0.4) is 0 Å². The number of benzene rings is 1. The maximum absolute atomic E-state index is 13.3. The van der Waals surface area contributed by atoms with E-state index >= 15 is 0 Å². The molecule has 0 bridgehead atoms. The Morgan fingerprint density at radius 3 is 2.71 bits per heavy atom. The molecule has 24 heavy (non-hydrogen) atoms. The first-order chi connectivity index (χ1) is 11.6. The number of halogens is 1. The second-order valence-corrected chi connectivity index (χ2v) is 5.72. The molecule has 0 aliphatic rings. The molecule has 0 saturated carbocycles. The molecule has 0 unspecified atom stereocenters. The van der Waals surface area contributed by atoms with Gasteiger partial charge < -0.3 is 10.3 Å². The Hall–Kier alpha value is -2.95. The van der Waals surface area contributed by atoms with Crippen molar-refractivity contribution in [3.63, 3.8) is 0 Å². The van der Waals surface area contributed by atoms with Crippen LogP contribution in [-0.4, -0.2) is 9.55 Å². The Bertz CT molecular complexity index is 920. The molecule has 0 aliphatic carbocycles. The van der Waals surface area contributed by atoms with Crippen LogP contribution in [0, 0.1) is 6.92 Å². The molecule has 0 saturated heterocycles. The smallest absolute Gasteiger partial charge is 0.274 e. The molecule has 2 N–H and O–H groups in total. The summed E-state index contributed by atoms with van der Waals surface area (Å²) in [5, 5.41) is 0. The van der Waals surface area contributed by atoms with Crippen molar-refractivity contribution in [2.24, 2.45) is 0 Å². The molecule has 0 fully saturated rings. The number of alkyl halides is 1. The summed E-state index contributed by atoms with van der Waals surface area (Å²) in [6.07, 6.45) is 3.38. The van der Waals surface area contributed by atoms with Gasteiger partial charge in [-0.1, -0.05) is 29.8 Å². The number of nitrogen functional groups attached to an aromatic ring is 1. The van der Waals surface area contributed by atoms with Crippen LogP contribution >= 0.6 is 0 Å². The van der Waals surface area contributed by atoms with E-state index in [-0.39, 0.29) is 16.8 Å². The van der Waals surface area contributed by atoms with Gasteiger partial charge in [0.1, 0.15) is 12.4 Å². The standard InChI is InChI=1S/C19H18FN3O/c1-13-4-2-6-15(8-13)17-9-16(10-20)18(21)19(24)23(17)12-14-5-3-7-22-11-14/h2-9,11H,10,12,21H2,1H3. The van der Waals surface area contributed by atoms with E-state index in [2.05, 4.69) is 4.98 Å². The van der Waals surface area contributed by atoms with Crippen LogP contribution in [0.2, 0.25) is 0 Å². The molecule has 4 nitrogen and oxygen atoms in total. The molecule has 0 amide bonds. The number of nitrogens with zero attached hydrogens (tertiary/aromatic N) is 2. The van der Waals surface area contributed by atoms with E-state index in [4.69, 9.17) is 5.73 Å². The number of nitrogens with two attached hydrogens (primary N) is 1. The third-order valence-corrected chi connectivity index (χ3v) is 3.94. The molecule has 2 aromatic heterocycles. The van der Waals surface area contributed by atoms with E-state index in [0.29, 0.717) is 12.2 Å². The van der Waals surface area contributed by atoms with E-state index in [1.54, 1.807) is 23.0 Å². The van der Waals surface area contributed by atoms with Crippen molar-refractivity contribution in [1.29, 1.82) is 0 Å². The first kappa shape index (κ1) is 15.9. The minimum absolute atomic E-state index is 0.0437. The number of aryl methyl sites for hydroxylation is 1. The minimum atomic E-state index is -0.770. The minimum Gasteiger partial charge on any atom is -0.394 e. The highest BCUT2D eigenvalue weighted by Gasteiger charge is 2.14. The van der Waals surface area contributed by atoms with Gasteiger partial charge in [0.15, 0.2) is 0 Å². The normalized spacial score (nSPS) is 10.8. The molecule has 0 radical (unpaired) electrons. The first-order valence-corrected chi connectivity index (χ1v) is 7.64. The lowest BCUT2D eigenvalue weighted by Crippen LogP contribution is -2.26. The van der Waals surface area contributed by atoms with Gasteiger partial charge in [-0.25, -0.2) is 4.39 Å². The summed E-state index contributed by atoms with van der Waals surface area (Å²) < 4.78 is 14.8. The maximum Gasteiger partial charge on any atom is 0.274 e. The van der Waals surface area contributed by atoms with Gasteiger partial charge in [-0.15, -0.1) is 0 Å². The zero-order valence-corrected chi connectivity index (χ0v) is 13.4. The number of pyridine rings is 2. The first-order valence-electron chi connectivity index (χ1n) is 7.64. The van der Waals surface area contributed by atoms with Crippen LogP contribution < -0.4 is 11.3 Å². The fraction of sp³-hybridized carbons (Fsp3) is 0.158. The second kappa shape index (κ2) is 6.66. The van der Waals surface area contributed by atoms with Crippen LogP contribution in [0.1, 0.15) is 16.7 Å². The monoisotopic (exact) mass is 323 g/mol. The summed E-state index contributed by atoms with van der Waals surface area (Å²) in [6.45, 7) is 1.53. The number of rotatable bonds is 4. The van der Waals surface area contributed by atoms with Crippen molar-refractivity contribution in [2.75, 3.05) is 5.73 Å². The summed E-state index contributed by atoms with van der Waals surface area (Å²) in [5.74, 6) is 0. The quantitative estimate of drug-likeness (QED) is 0.801. The van der Waals surface area contributed by atoms with Gasteiger partial charge in [0.05, 0.1) is 12.2 Å². The molecule has 1 aromatic carbocycles. The molecule has 5 heteroatoms. The third kappa shape index (κ3) is 3.06. The number of aromatic nitrogens is 2. The van der Waals surface area contributed by atoms with Crippen molar-refractivity contribution in [3.05, 3.63) is 81.9 Å². The van der Waals surface area contributed by atoms with Crippen LogP contribution in [0.5, 0.6) is 0 Å². The van der Waals surface area contributed by atoms with Gasteiger partial charge in [-0.3, -0.25) is 9.78 Å². The highest BCUT2D eigenvalue weighted by molar-refractivity contribution is 5.64. The lowest BCUT2D eigenvalue weighted by atomic mass is 10.0. The van der Waals surface area contributed by atoms with Crippen LogP contribution in [-0.2, 0) is 13.2 Å². The zero-order valence-electron chi connectivity index (χ0n) is 13.4. The van der Waals surface area contributed by atoms with E-state index in [1.165, 1.54) is 0 Å².